The molecule has 0 aliphatic carbocycles. The highest BCUT2D eigenvalue weighted by atomic mass is 32.2. The van der Waals surface area contributed by atoms with E-state index in [0.717, 1.165) is 0 Å². The summed E-state index contributed by atoms with van der Waals surface area (Å²) in [7, 11) is 0. The van der Waals surface area contributed by atoms with Crippen LogP contribution >= 0.6 is 11.8 Å². The van der Waals surface area contributed by atoms with Gasteiger partial charge in [0.1, 0.15) is 10.6 Å². The van der Waals surface area contributed by atoms with Gasteiger partial charge in [0.2, 0.25) is 5.72 Å². The molecule has 0 aromatic carbocycles. The van der Waals surface area contributed by atoms with Gasteiger partial charge >= 0.3 is 6.09 Å². The van der Waals surface area contributed by atoms with E-state index in [4.69, 9.17) is 9.47 Å². The van der Waals surface area contributed by atoms with Crippen molar-refractivity contribution in [2.24, 2.45) is 4.99 Å². The fraction of sp³-hybridized carbons (Fsp3) is 0.500. The monoisotopic (exact) mass is 351 g/mol. The Kier molecular flexibility index (Phi) is 5.48. The number of aliphatic imine (C=N–C) groups is 1. The van der Waals surface area contributed by atoms with Crippen LogP contribution in [0.15, 0.2) is 23.2 Å². The Balaban J connectivity index is 2.02. The van der Waals surface area contributed by atoms with E-state index in [2.05, 4.69) is 15.3 Å². The average Bonchev–Trinajstić information content (AvgIpc) is 2.86. The molecular formula is C16H21N3O4S. The molecule has 0 fully saturated rings. The zero-order valence-electron chi connectivity index (χ0n) is 14.2. The SMILES string of the molecule is CC(C)(C)OC(=O)NCc1cccc(C2=N[C@](C)(OC=O)CS2)n1. The standard InChI is InChI=1S/C16H21N3O4S/c1-15(2,3)23-14(21)17-8-11-6-5-7-12(18-11)13-19-16(4,9-24-13)22-10-20/h5-7,10H,8-9H2,1-4H3,(H,17,21)/t16-/m1/s1. The summed E-state index contributed by atoms with van der Waals surface area (Å²) in [5, 5.41) is 3.38. The molecule has 1 aromatic rings. The summed E-state index contributed by atoms with van der Waals surface area (Å²) in [6.45, 7) is 7.82. The number of thioether (sulfide) groups is 1. The molecule has 0 spiro atoms. The predicted octanol–water partition coefficient (Wildman–Crippen LogP) is 2.49. The van der Waals surface area contributed by atoms with Gasteiger partial charge in [-0.1, -0.05) is 17.8 Å². The number of alkyl carbamates (subject to hydrolysis) is 1. The second-order valence-corrected chi connectivity index (χ2v) is 7.43. The molecule has 2 rings (SSSR count). The summed E-state index contributed by atoms with van der Waals surface area (Å²) in [6, 6.07) is 5.48. The fourth-order valence-electron chi connectivity index (χ4n) is 1.95. The first kappa shape index (κ1) is 18.3. The third kappa shape index (κ3) is 5.23. The zero-order chi connectivity index (χ0) is 17.8. The summed E-state index contributed by atoms with van der Waals surface area (Å²) in [6.07, 6.45) is -0.491. The van der Waals surface area contributed by atoms with E-state index in [0.29, 0.717) is 28.7 Å². The van der Waals surface area contributed by atoms with E-state index in [9.17, 15) is 9.59 Å². The van der Waals surface area contributed by atoms with Crippen LogP contribution in [0.3, 0.4) is 0 Å². The molecule has 8 heteroatoms. The van der Waals surface area contributed by atoms with Crippen LogP contribution in [-0.4, -0.2) is 39.7 Å². The average molecular weight is 351 g/mol. The highest BCUT2D eigenvalue weighted by molar-refractivity contribution is 8.14. The first-order chi connectivity index (χ1) is 11.2. The Labute approximate surface area is 145 Å². The van der Waals surface area contributed by atoms with Gasteiger partial charge in [-0.15, -0.1) is 0 Å². The van der Waals surface area contributed by atoms with E-state index < -0.39 is 17.4 Å². The molecular weight excluding hydrogens is 330 g/mol. The molecule has 130 valence electrons. The number of ether oxygens (including phenoxy) is 2. The van der Waals surface area contributed by atoms with E-state index in [1.165, 1.54) is 11.8 Å². The van der Waals surface area contributed by atoms with Gasteiger partial charge in [-0.25, -0.2) is 14.8 Å². The maximum Gasteiger partial charge on any atom is 0.407 e. The maximum atomic E-state index is 11.7. The van der Waals surface area contributed by atoms with Crippen LogP contribution in [0.4, 0.5) is 4.79 Å². The van der Waals surface area contributed by atoms with Crippen molar-refractivity contribution in [2.45, 2.75) is 45.6 Å². The maximum absolute atomic E-state index is 11.7. The van der Waals surface area contributed by atoms with Gasteiger partial charge in [0.15, 0.2) is 0 Å². The smallest absolute Gasteiger partial charge is 0.407 e. The van der Waals surface area contributed by atoms with Crippen LogP contribution in [0.25, 0.3) is 0 Å². The predicted molar refractivity (Wildman–Crippen MR) is 91.9 cm³/mol. The van der Waals surface area contributed by atoms with Crippen molar-refractivity contribution in [3.63, 3.8) is 0 Å². The molecule has 7 nitrogen and oxygen atoms in total. The van der Waals surface area contributed by atoms with Gasteiger partial charge in [0.05, 0.1) is 23.7 Å². The van der Waals surface area contributed by atoms with Gasteiger partial charge in [-0.2, -0.15) is 0 Å². The fourth-order valence-corrected chi connectivity index (χ4v) is 3.01. The van der Waals surface area contributed by atoms with Crippen LogP contribution in [0.5, 0.6) is 0 Å². The minimum Gasteiger partial charge on any atom is -0.444 e. The van der Waals surface area contributed by atoms with Crippen molar-refractivity contribution in [1.82, 2.24) is 10.3 Å². The third-order valence-corrected chi connectivity index (χ3v) is 4.21. The first-order valence-electron chi connectivity index (χ1n) is 7.48. The van der Waals surface area contributed by atoms with Crippen molar-refractivity contribution in [2.75, 3.05) is 5.75 Å². The van der Waals surface area contributed by atoms with Crippen LogP contribution < -0.4 is 5.32 Å². The highest BCUT2D eigenvalue weighted by Gasteiger charge is 2.33. The number of aromatic nitrogens is 1. The number of hydrogen-bond acceptors (Lipinski definition) is 7. The number of nitrogens with zero attached hydrogens (tertiary/aromatic N) is 2. The normalized spacial score (nSPS) is 20.2. The lowest BCUT2D eigenvalue weighted by molar-refractivity contribution is -0.138. The van der Waals surface area contributed by atoms with E-state index >= 15 is 0 Å². The van der Waals surface area contributed by atoms with E-state index in [-0.39, 0.29) is 6.54 Å². The number of hydrogen-bond donors (Lipinski definition) is 1. The third-order valence-electron chi connectivity index (χ3n) is 2.96. The van der Waals surface area contributed by atoms with Crippen molar-refractivity contribution >= 4 is 29.4 Å². The van der Waals surface area contributed by atoms with Gasteiger partial charge in [-0.3, -0.25) is 4.79 Å². The van der Waals surface area contributed by atoms with E-state index in [1.54, 1.807) is 27.7 Å². The lowest BCUT2D eigenvalue weighted by Crippen LogP contribution is -2.32. The van der Waals surface area contributed by atoms with Gasteiger partial charge in [-0.05, 0) is 39.8 Å². The zero-order valence-corrected chi connectivity index (χ0v) is 15.0. The molecule has 1 amide bonds. The first-order valence-corrected chi connectivity index (χ1v) is 8.47. The number of nitrogens with one attached hydrogen (secondary N) is 1. The molecule has 2 heterocycles. The number of amides is 1. The topological polar surface area (TPSA) is 89.9 Å². The lowest BCUT2D eigenvalue weighted by atomic mass is 10.2. The molecule has 0 radical (unpaired) electrons. The minimum absolute atomic E-state index is 0.253. The van der Waals surface area contributed by atoms with Gasteiger partial charge < -0.3 is 14.8 Å². The second kappa shape index (κ2) is 7.21. The van der Waals surface area contributed by atoms with Crippen LogP contribution in [0, 0.1) is 0 Å². The molecule has 1 aliphatic heterocycles. The summed E-state index contributed by atoms with van der Waals surface area (Å²) in [5.41, 5.74) is -0.0282. The summed E-state index contributed by atoms with van der Waals surface area (Å²) in [4.78, 5) is 31.1. The molecule has 1 atom stereocenters. The molecule has 0 saturated carbocycles. The quantitative estimate of drug-likeness (QED) is 0.820. The minimum atomic E-state index is -0.853. The molecule has 0 unspecified atom stereocenters. The van der Waals surface area contributed by atoms with Gasteiger partial charge in [0, 0.05) is 0 Å². The van der Waals surface area contributed by atoms with Crippen molar-refractivity contribution in [3.05, 3.63) is 29.6 Å². The number of carbonyl (C=O) groups excluding carboxylic acids is 2. The summed E-state index contributed by atoms with van der Waals surface area (Å²) in [5.74, 6) is 0.545. The van der Waals surface area contributed by atoms with Crippen molar-refractivity contribution < 1.29 is 19.1 Å². The summed E-state index contributed by atoms with van der Waals surface area (Å²) >= 11 is 1.47. The Morgan fingerprint density at radius 3 is 2.88 bits per heavy atom. The molecule has 1 N–H and O–H groups in total. The van der Waals surface area contributed by atoms with Crippen LogP contribution in [-0.2, 0) is 20.8 Å². The molecule has 24 heavy (non-hydrogen) atoms. The van der Waals surface area contributed by atoms with E-state index in [1.807, 2.05) is 18.2 Å². The number of carbonyl (C=O) groups is 2. The second-order valence-electron chi connectivity index (χ2n) is 6.46. The Morgan fingerprint density at radius 1 is 1.46 bits per heavy atom. The Hall–Kier alpha value is -2.09. The summed E-state index contributed by atoms with van der Waals surface area (Å²) < 4.78 is 10.2. The van der Waals surface area contributed by atoms with Crippen molar-refractivity contribution in [1.29, 1.82) is 0 Å². The molecule has 0 bridgehead atoms. The van der Waals surface area contributed by atoms with Gasteiger partial charge in [0.25, 0.3) is 6.47 Å². The Bertz CT molecular complexity index is 657. The molecule has 1 aliphatic rings. The Morgan fingerprint density at radius 2 is 2.21 bits per heavy atom. The molecule has 0 saturated heterocycles. The highest BCUT2D eigenvalue weighted by Crippen LogP contribution is 2.30. The lowest BCUT2D eigenvalue weighted by Gasteiger charge is -2.19. The number of rotatable bonds is 5. The number of pyridine rings is 1. The molecule has 1 aromatic heterocycles. The van der Waals surface area contributed by atoms with Crippen LogP contribution in [0.2, 0.25) is 0 Å². The van der Waals surface area contributed by atoms with Crippen LogP contribution in [0.1, 0.15) is 39.1 Å². The largest absolute Gasteiger partial charge is 0.444 e. The van der Waals surface area contributed by atoms with Crippen molar-refractivity contribution in [3.8, 4) is 0 Å².